The Balaban J connectivity index is 0.00000114. The van der Waals surface area contributed by atoms with Crippen molar-refractivity contribution in [2.75, 3.05) is 19.6 Å². The van der Waals surface area contributed by atoms with E-state index in [9.17, 15) is 14.4 Å². The van der Waals surface area contributed by atoms with Crippen molar-refractivity contribution < 1.29 is 29.0 Å². The Labute approximate surface area is 159 Å². The number of allylic oxidation sites excluding steroid dienone is 1. The molecule has 2 aliphatic heterocycles. The van der Waals surface area contributed by atoms with Gasteiger partial charge >= 0.3 is 0 Å². The molecule has 0 aliphatic carbocycles. The van der Waals surface area contributed by atoms with Gasteiger partial charge in [0.05, 0.1) is 0 Å². The van der Waals surface area contributed by atoms with E-state index in [0.29, 0.717) is 12.5 Å². The van der Waals surface area contributed by atoms with E-state index < -0.39 is 5.60 Å². The molecule has 0 spiro atoms. The van der Waals surface area contributed by atoms with E-state index in [0.717, 1.165) is 25.9 Å². The zero-order valence-electron chi connectivity index (χ0n) is 16.5. The van der Waals surface area contributed by atoms with Gasteiger partial charge in [-0.3, -0.25) is 19.2 Å². The van der Waals surface area contributed by atoms with E-state index in [-0.39, 0.29) is 42.2 Å². The molecule has 2 rings (SSSR count). The predicted octanol–water partition coefficient (Wildman–Crippen LogP) is 1.35. The number of nitrogens with one attached hydrogen (secondary N) is 1. The zero-order valence-corrected chi connectivity index (χ0v) is 16.5. The second-order valence-electron chi connectivity index (χ2n) is 7.75. The predicted molar refractivity (Wildman–Crippen MR) is 98.7 cm³/mol. The lowest BCUT2D eigenvalue weighted by Crippen LogP contribution is -2.43. The Bertz CT molecular complexity index is 589. The summed E-state index contributed by atoms with van der Waals surface area (Å²) in [7, 11) is 0. The van der Waals surface area contributed by atoms with E-state index in [1.165, 1.54) is 6.08 Å². The van der Waals surface area contributed by atoms with Crippen LogP contribution in [0.2, 0.25) is 0 Å². The molecule has 0 bridgehead atoms. The SMILES string of the molecule is CC(C)C(=O)N1CCC(CNC(=O)C2=CC(=O)CC(C)(C)O2)CC1.O=CO. The lowest BCUT2D eigenvalue weighted by molar-refractivity contribution is -0.136. The van der Waals surface area contributed by atoms with Crippen LogP contribution >= 0.6 is 0 Å². The molecule has 8 nitrogen and oxygen atoms in total. The van der Waals surface area contributed by atoms with Crippen LogP contribution in [0.3, 0.4) is 0 Å². The fourth-order valence-corrected chi connectivity index (χ4v) is 3.14. The highest BCUT2D eigenvalue weighted by Crippen LogP contribution is 2.25. The quantitative estimate of drug-likeness (QED) is 0.710. The highest BCUT2D eigenvalue weighted by atomic mass is 16.5. The number of carbonyl (C=O) groups is 4. The number of hydrogen-bond donors (Lipinski definition) is 2. The van der Waals surface area contributed by atoms with Crippen LogP contribution in [0.1, 0.15) is 47.0 Å². The van der Waals surface area contributed by atoms with Gasteiger partial charge in [-0.2, -0.15) is 0 Å². The fourth-order valence-electron chi connectivity index (χ4n) is 3.14. The molecule has 0 aromatic rings. The van der Waals surface area contributed by atoms with Crippen molar-refractivity contribution in [3.05, 3.63) is 11.8 Å². The topological polar surface area (TPSA) is 113 Å². The third-order valence-electron chi connectivity index (χ3n) is 4.47. The minimum absolute atomic E-state index is 0.0255. The largest absolute Gasteiger partial charge is 0.483 e. The van der Waals surface area contributed by atoms with Crippen molar-refractivity contribution in [2.24, 2.45) is 11.8 Å². The van der Waals surface area contributed by atoms with E-state index in [2.05, 4.69) is 5.32 Å². The number of amides is 2. The molecular weight excluding hydrogens is 352 g/mol. The van der Waals surface area contributed by atoms with Crippen LogP contribution in [-0.2, 0) is 23.9 Å². The van der Waals surface area contributed by atoms with Crippen molar-refractivity contribution in [3.8, 4) is 0 Å². The summed E-state index contributed by atoms with van der Waals surface area (Å²) < 4.78 is 5.60. The van der Waals surface area contributed by atoms with Gasteiger partial charge in [0.1, 0.15) is 5.60 Å². The van der Waals surface area contributed by atoms with E-state index in [4.69, 9.17) is 14.6 Å². The van der Waals surface area contributed by atoms with Crippen molar-refractivity contribution in [3.63, 3.8) is 0 Å². The van der Waals surface area contributed by atoms with Gasteiger partial charge in [-0.1, -0.05) is 13.8 Å². The number of ketones is 1. The summed E-state index contributed by atoms with van der Waals surface area (Å²) in [5.41, 5.74) is -0.638. The van der Waals surface area contributed by atoms with Gasteiger partial charge in [-0.25, -0.2) is 0 Å². The molecule has 0 aromatic heterocycles. The summed E-state index contributed by atoms with van der Waals surface area (Å²) in [5.74, 6) is 0.243. The van der Waals surface area contributed by atoms with Gasteiger partial charge in [-0.15, -0.1) is 0 Å². The maximum Gasteiger partial charge on any atom is 0.290 e. The van der Waals surface area contributed by atoms with Crippen LogP contribution in [0.5, 0.6) is 0 Å². The number of rotatable bonds is 4. The monoisotopic (exact) mass is 382 g/mol. The van der Waals surface area contributed by atoms with Crippen molar-refractivity contribution >= 4 is 24.1 Å². The number of likely N-dealkylation sites (tertiary alicyclic amines) is 1. The van der Waals surface area contributed by atoms with Crippen LogP contribution in [0, 0.1) is 11.8 Å². The zero-order chi connectivity index (χ0) is 20.6. The Morgan fingerprint density at radius 2 is 1.93 bits per heavy atom. The molecular formula is C19H30N2O6. The minimum atomic E-state index is -0.638. The number of carboxylic acid groups (broad SMARTS) is 1. The Kier molecular flexibility index (Phi) is 8.46. The summed E-state index contributed by atoms with van der Waals surface area (Å²) in [4.78, 5) is 46.1. The standard InChI is InChI=1S/C18H28N2O4.CH2O2/c1-12(2)17(23)20-7-5-13(6-8-20)11-19-16(22)15-9-14(21)10-18(3,4)24-15;2-1-3/h9,12-13H,5-8,10-11H2,1-4H3,(H,19,22);1H,(H,2,3). The number of piperidine rings is 1. The van der Waals surface area contributed by atoms with Crippen molar-refractivity contribution in [1.29, 1.82) is 0 Å². The maximum atomic E-state index is 12.2. The summed E-state index contributed by atoms with van der Waals surface area (Å²) in [5, 5.41) is 9.75. The molecule has 8 heteroatoms. The molecule has 2 N–H and O–H groups in total. The molecule has 1 saturated heterocycles. The molecule has 2 aliphatic rings. The van der Waals surface area contributed by atoms with E-state index in [1.54, 1.807) is 13.8 Å². The number of carbonyl (C=O) groups excluding carboxylic acids is 3. The second kappa shape index (κ2) is 10.1. The fraction of sp³-hybridized carbons (Fsp3) is 0.684. The Hall–Kier alpha value is -2.38. The lowest BCUT2D eigenvalue weighted by atomic mass is 9.95. The number of nitrogens with zero attached hydrogens (tertiary/aromatic N) is 1. The van der Waals surface area contributed by atoms with Crippen LogP contribution in [0.15, 0.2) is 11.8 Å². The number of ether oxygens (including phenoxy) is 1. The first-order chi connectivity index (χ1) is 12.6. The van der Waals surface area contributed by atoms with Gasteiger partial charge in [0.25, 0.3) is 12.4 Å². The lowest BCUT2D eigenvalue weighted by Gasteiger charge is -2.33. The van der Waals surface area contributed by atoms with E-state index >= 15 is 0 Å². The molecule has 0 aromatic carbocycles. The number of hydrogen-bond acceptors (Lipinski definition) is 5. The molecule has 1 fully saturated rings. The van der Waals surface area contributed by atoms with Crippen LogP contribution in [0.4, 0.5) is 0 Å². The molecule has 0 atom stereocenters. The summed E-state index contributed by atoms with van der Waals surface area (Å²) in [6.45, 7) is 9.19. The van der Waals surface area contributed by atoms with Gasteiger partial charge in [0.15, 0.2) is 11.5 Å². The first-order valence-corrected chi connectivity index (χ1v) is 9.18. The van der Waals surface area contributed by atoms with Crippen molar-refractivity contribution in [1.82, 2.24) is 10.2 Å². The van der Waals surface area contributed by atoms with Crippen molar-refractivity contribution in [2.45, 2.75) is 52.6 Å². The second-order valence-corrected chi connectivity index (χ2v) is 7.75. The molecule has 0 saturated carbocycles. The highest BCUT2D eigenvalue weighted by Gasteiger charge is 2.32. The van der Waals surface area contributed by atoms with Gasteiger partial charge in [0, 0.05) is 38.0 Å². The average molecular weight is 382 g/mol. The summed E-state index contributed by atoms with van der Waals surface area (Å²) in [6, 6.07) is 0. The molecule has 27 heavy (non-hydrogen) atoms. The van der Waals surface area contributed by atoms with Crippen LogP contribution in [-0.4, -0.2) is 59.3 Å². The molecule has 152 valence electrons. The normalized spacial score (nSPS) is 19.4. The molecule has 2 amide bonds. The van der Waals surface area contributed by atoms with Crippen LogP contribution < -0.4 is 5.32 Å². The third-order valence-corrected chi connectivity index (χ3v) is 4.47. The molecule has 2 heterocycles. The average Bonchev–Trinajstić information content (AvgIpc) is 2.58. The third kappa shape index (κ3) is 7.40. The Morgan fingerprint density at radius 3 is 2.41 bits per heavy atom. The van der Waals surface area contributed by atoms with E-state index in [1.807, 2.05) is 18.7 Å². The van der Waals surface area contributed by atoms with Gasteiger partial charge < -0.3 is 20.1 Å². The van der Waals surface area contributed by atoms with Crippen LogP contribution in [0.25, 0.3) is 0 Å². The molecule has 0 radical (unpaired) electrons. The first kappa shape index (κ1) is 22.7. The summed E-state index contributed by atoms with van der Waals surface area (Å²) >= 11 is 0. The maximum absolute atomic E-state index is 12.2. The smallest absolute Gasteiger partial charge is 0.290 e. The summed E-state index contributed by atoms with van der Waals surface area (Å²) in [6.07, 6.45) is 3.32. The highest BCUT2D eigenvalue weighted by molar-refractivity contribution is 6.01. The van der Waals surface area contributed by atoms with Gasteiger partial charge in [-0.05, 0) is 32.6 Å². The van der Waals surface area contributed by atoms with Gasteiger partial charge in [0.2, 0.25) is 5.91 Å². The first-order valence-electron chi connectivity index (χ1n) is 9.18. The molecule has 0 unspecified atom stereocenters. The minimum Gasteiger partial charge on any atom is -0.483 e. The Morgan fingerprint density at radius 1 is 1.37 bits per heavy atom.